The highest BCUT2D eigenvalue weighted by Gasteiger charge is 2.15. The summed E-state index contributed by atoms with van der Waals surface area (Å²) in [6, 6.07) is 3.74. The topological polar surface area (TPSA) is 54.0 Å². The van der Waals surface area contributed by atoms with E-state index in [1.165, 1.54) is 5.57 Å². The molecule has 1 aliphatic rings. The summed E-state index contributed by atoms with van der Waals surface area (Å²) in [4.78, 5) is 15.9. The van der Waals surface area contributed by atoms with Crippen LogP contribution in [-0.2, 0) is 4.79 Å². The molecule has 0 atom stereocenters. The van der Waals surface area contributed by atoms with Gasteiger partial charge in [-0.15, -0.1) is 0 Å². The number of hydrogen-bond donors (Lipinski definition) is 2. The average Bonchev–Trinajstić information content (AvgIpc) is 2.19. The number of carbonyl (C=O) groups excluding carboxylic acids is 1. The third-order valence-electron chi connectivity index (χ3n) is 2.72. The Bertz CT molecular complexity index is 428. The molecule has 4 nitrogen and oxygen atoms in total. The van der Waals surface area contributed by atoms with Crippen molar-refractivity contribution >= 4 is 11.6 Å². The molecule has 2 heterocycles. The smallest absolute Gasteiger partial charge is 0.251 e. The van der Waals surface area contributed by atoms with Crippen molar-refractivity contribution in [2.75, 3.05) is 18.4 Å². The lowest BCUT2D eigenvalue weighted by molar-refractivity contribution is -0.112. The molecule has 1 aliphatic heterocycles. The molecule has 1 aromatic heterocycles. The largest absolute Gasteiger partial charge is 0.321 e. The Hall–Kier alpha value is -1.68. The molecule has 1 aromatic rings. The van der Waals surface area contributed by atoms with Crippen LogP contribution in [0.4, 0.5) is 5.69 Å². The lowest BCUT2D eigenvalue weighted by Gasteiger charge is -2.21. The second kappa shape index (κ2) is 4.45. The van der Waals surface area contributed by atoms with Gasteiger partial charge in [-0.25, -0.2) is 0 Å². The third-order valence-corrected chi connectivity index (χ3v) is 2.72. The van der Waals surface area contributed by atoms with Crippen LogP contribution in [0, 0.1) is 6.92 Å². The Balaban J connectivity index is 2.04. The van der Waals surface area contributed by atoms with E-state index >= 15 is 0 Å². The van der Waals surface area contributed by atoms with E-state index in [1.807, 2.05) is 26.0 Å². The highest BCUT2D eigenvalue weighted by molar-refractivity contribution is 6.03. The molecule has 0 saturated carbocycles. The number of nitrogens with zero attached hydrogens (tertiary/aromatic N) is 1. The van der Waals surface area contributed by atoms with Gasteiger partial charge in [-0.1, -0.05) is 0 Å². The zero-order valence-electron chi connectivity index (χ0n) is 9.50. The Morgan fingerprint density at radius 1 is 1.44 bits per heavy atom. The van der Waals surface area contributed by atoms with Gasteiger partial charge in [0.1, 0.15) is 0 Å². The Kier molecular flexibility index (Phi) is 3.01. The van der Waals surface area contributed by atoms with Gasteiger partial charge in [-0.05, 0) is 31.6 Å². The van der Waals surface area contributed by atoms with Crippen molar-refractivity contribution < 1.29 is 4.79 Å². The average molecular weight is 217 g/mol. The van der Waals surface area contributed by atoms with Gasteiger partial charge in [0.25, 0.3) is 5.91 Å². The van der Waals surface area contributed by atoms with Crippen molar-refractivity contribution in [2.45, 2.75) is 13.8 Å². The predicted octanol–water partition coefficient (Wildman–Crippen LogP) is 1.25. The summed E-state index contributed by atoms with van der Waals surface area (Å²) in [5, 5.41) is 5.95. The molecule has 0 spiro atoms. The number of rotatable bonds is 2. The number of aromatic nitrogens is 1. The van der Waals surface area contributed by atoms with Gasteiger partial charge in [0, 0.05) is 24.4 Å². The van der Waals surface area contributed by atoms with Gasteiger partial charge in [0.2, 0.25) is 0 Å². The summed E-state index contributed by atoms with van der Waals surface area (Å²) in [6.45, 7) is 5.42. The zero-order valence-corrected chi connectivity index (χ0v) is 9.50. The highest BCUT2D eigenvalue weighted by Crippen LogP contribution is 2.12. The van der Waals surface area contributed by atoms with Crippen LogP contribution in [0.2, 0.25) is 0 Å². The van der Waals surface area contributed by atoms with E-state index in [4.69, 9.17) is 0 Å². The second-order valence-electron chi connectivity index (χ2n) is 3.97. The molecule has 0 radical (unpaired) electrons. The van der Waals surface area contributed by atoms with Crippen LogP contribution < -0.4 is 10.6 Å². The third kappa shape index (κ3) is 2.28. The lowest BCUT2D eigenvalue weighted by atomic mass is 10.0. The molecule has 1 fully saturated rings. The fourth-order valence-electron chi connectivity index (χ4n) is 1.44. The normalized spacial score (nSPS) is 14.2. The summed E-state index contributed by atoms with van der Waals surface area (Å²) < 4.78 is 0. The van der Waals surface area contributed by atoms with Gasteiger partial charge in [-0.3, -0.25) is 9.78 Å². The highest BCUT2D eigenvalue weighted by atomic mass is 16.1. The van der Waals surface area contributed by atoms with E-state index in [0.717, 1.165) is 30.0 Å². The molecule has 2 rings (SSSR count). The first-order valence-corrected chi connectivity index (χ1v) is 5.30. The molecule has 0 aliphatic carbocycles. The first kappa shape index (κ1) is 10.8. The standard InChI is InChI=1S/C12H15N3O/c1-8-3-4-11(7-14-8)15-12(16)9(2)10-5-13-6-10/h3-4,7,13H,5-6H2,1-2H3,(H,15,16). The fourth-order valence-corrected chi connectivity index (χ4v) is 1.44. The molecule has 0 bridgehead atoms. The van der Waals surface area contributed by atoms with Crippen molar-refractivity contribution in [3.8, 4) is 0 Å². The molecule has 0 aromatic carbocycles. The van der Waals surface area contributed by atoms with Crippen molar-refractivity contribution in [1.29, 1.82) is 0 Å². The number of aryl methyl sites for hydroxylation is 1. The van der Waals surface area contributed by atoms with Crippen LogP contribution in [0.15, 0.2) is 29.5 Å². The Labute approximate surface area is 94.8 Å². The number of pyridine rings is 1. The second-order valence-corrected chi connectivity index (χ2v) is 3.97. The summed E-state index contributed by atoms with van der Waals surface area (Å²) in [5.41, 5.74) is 3.66. The van der Waals surface area contributed by atoms with Gasteiger partial charge in [0.05, 0.1) is 11.9 Å². The monoisotopic (exact) mass is 217 g/mol. The van der Waals surface area contributed by atoms with Crippen molar-refractivity contribution in [3.05, 3.63) is 35.2 Å². The van der Waals surface area contributed by atoms with E-state index in [9.17, 15) is 4.79 Å². The number of amides is 1. The molecule has 4 heteroatoms. The summed E-state index contributed by atoms with van der Waals surface area (Å²) in [5.74, 6) is -0.0397. The van der Waals surface area contributed by atoms with Gasteiger partial charge >= 0.3 is 0 Å². The number of hydrogen-bond acceptors (Lipinski definition) is 3. The quantitative estimate of drug-likeness (QED) is 0.733. The molecule has 84 valence electrons. The van der Waals surface area contributed by atoms with Gasteiger partial charge < -0.3 is 10.6 Å². The van der Waals surface area contributed by atoms with Crippen LogP contribution in [0.5, 0.6) is 0 Å². The number of anilines is 1. The number of carbonyl (C=O) groups is 1. The van der Waals surface area contributed by atoms with Crippen LogP contribution in [0.3, 0.4) is 0 Å². The van der Waals surface area contributed by atoms with Crippen molar-refractivity contribution in [2.24, 2.45) is 0 Å². The fraction of sp³-hybridized carbons (Fsp3) is 0.333. The molecule has 0 unspecified atom stereocenters. The zero-order chi connectivity index (χ0) is 11.5. The van der Waals surface area contributed by atoms with Crippen LogP contribution >= 0.6 is 0 Å². The lowest BCUT2D eigenvalue weighted by Crippen LogP contribution is -2.36. The van der Waals surface area contributed by atoms with E-state index in [-0.39, 0.29) is 5.91 Å². The van der Waals surface area contributed by atoms with Crippen molar-refractivity contribution in [3.63, 3.8) is 0 Å². The molecular weight excluding hydrogens is 202 g/mol. The Morgan fingerprint density at radius 3 is 2.69 bits per heavy atom. The van der Waals surface area contributed by atoms with Crippen molar-refractivity contribution in [1.82, 2.24) is 10.3 Å². The van der Waals surface area contributed by atoms with E-state index in [1.54, 1.807) is 6.20 Å². The minimum atomic E-state index is -0.0397. The van der Waals surface area contributed by atoms with Crippen LogP contribution in [0.25, 0.3) is 0 Å². The maximum Gasteiger partial charge on any atom is 0.251 e. The minimum absolute atomic E-state index is 0.0397. The molecular formula is C12H15N3O. The van der Waals surface area contributed by atoms with E-state index in [0.29, 0.717) is 0 Å². The van der Waals surface area contributed by atoms with Gasteiger partial charge in [0.15, 0.2) is 0 Å². The van der Waals surface area contributed by atoms with Crippen LogP contribution in [0.1, 0.15) is 12.6 Å². The summed E-state index contributed by atoms with van der Waals surface area (Å²) >= 11 is 0. The maximum absolute atomic E-state index is 11.8. The van der Waals surface area contributed by atoms with E-state index < -0.39 is 0 Å². The van der Waals surface area contributed by atoms with Gasteiger partial charge in [-0.2, -0.15) is 0 Å². The minimum Gasteiger partial charge on any atom is -0.321 e. The Morgan fingerprint density at radius 2 is 2.19 bits per heavy atom. The maximum atomic E-state index is 11.8. The van der Waals surface area contributed by atoms with Crippen LogP contribution in [-0.4, -0.2) is 24.0 Å². The SMILES string of the molecule is CC(C(=O)Nc1ccc(C)nc1)=C1CNC1. The molecule has 2 N–H and O–H groups in total. The molecule has 1 saturated heterocycles. The number of nitrogens with one attached hydrogen (secondary N) is 2. The molecule has 16 heavy (non-hydrogen) atoms. The first-order chi connectivity index (χ1) is 7.66. The summed E-state index contributed by atoms with van der Waals surface area (Å²) in [7, 11) is 0. The molecule has 1 amide bonds. The summed E-state index contributed by atoms with van der Waals surface area (Å²) in [6.07, 6.45) is 1.67. The first-order valence-electron chi connectivity index (χ1n) is 5.30. The van der Waals surface area contributed by atoms with E-state index in [2.05, 4.69) is 15.6 Å². The predicted molar refractivity (Wildman–Crippen MR) is 63.2 cm³/mol.